The summed E-state index contributed by atoms with van der Waals surface area (Å²) in [6, 6.07) is 6.82. The fourth-order valence-corrected chi connectivity index (χ4v) is 1.16. The number of rotatable bonds is 5. The molecule has 0 saturated heterocycles. The summed E-state index contributed by atoms with van der Waals surface area (Å²) in [7, 11) is 0. The van der Waals surface area contributed by atoms with Gasteiger partial charge in [-0.2, -0.15) is 0 Å². The SMILES string of the molecule is CC(=O)Nc1cccc(OCC(C)C(=O)O)c1. The van der Waals surface area contributed by atoms with Crippen molar-refractivity contribution in [3.8, 4) is 5.75 Å². The van der Waals surface area contributed by atoms with Crippen LogP contribution in [-0.2, 0) is 9.59 Å². The van der Waals surface area contributed by atoms with Crippen LogP contribution >= 0.6 is 0 Å². The van der Waals surface area contributed by atoms with E-state index in [2.05, 4.69) is 5.32 Å². The topological polar surface area (TPSA) is 75.6 Å². The third kappa shape index (κ3) is 4.55. The molecule has 0 radical (unpaired) electrons. The molecule has 0 saturated carbocycles. The molecule has 0 heterocycles. The smallest absolute Gasteiger partial charge is 0.309 e. The van der Waals surface area contributed by atoms with E-state index in [1.165, 1.54) is 6.92 Å². The number of carbonyl (C=O) groups excluding carboxylic acids is 1. The molecule has 5 heteroatoms. The van der Waals surface area contributed by atoms with Crippen LogP contribution in [0.3, 0.4) is 0 Å². The number of amides is 1. The number of carboxylic acids is 1. The number of hydrogen-bond acceptors (Lipinski definition) is 3. The van der Waals surface area contributed by atoms with E-state index >= 15 is 0 Å². The molecule has 5 nitrogen and oxygen atoms in total. The summed E-state index contributed by atoms with van der Waals surface area (Å²) >= 11 is 0. The largest absolute Gasteiger partial charge is 0.493 e. The van der Waals surface area contributed by atoms with Gasteiger partial charge in [-0.1, -0.05) is 6.07 Å². The molecule has 92 valence electrons. The number of nitrogens with one attached hydrogen (secondary N) is 1. The first-order valence-corrected chi connectivity index (χ1v) is 5.22. The summed E-state index contributed by atoms with van der Waals surface area (Å²) in [6.45, 7) is 3.08. The van der Waals surface area contributed by atoms with Crippen LogP contribution < -0.4 is 10.1 Å². The lowest BCUT2D eigenvalue weighted by molar-refractivity contribution is -0.142. The molecule has 2 N–H and O–H groups in total. The van der Waals surface area contributed by atoms with E-state index in [-0.39, 0.29) is 12.5 Å². The lowest BCUT2D eigenvalue weighted by atomic mass is 10.2. The standard InChI is InChI=1S/C12H15NO4/c1-8(12(15)16)7-17-11-5-3-4-10(6-11)13-9(2)14/h3-6,8H,7H2,1-2H3,(H,13,14)(H,15,16). The van der Waals surface area contributed by atoms with Crippen LogP contribution in [-0.4, -0.2) is 23.6 Å². The van der Waals surface area contributed by atoms with Crippen LogP contribution in [0.1, 0.15) is 13.8 Å². The monoisotopic (exact) mass is 237 g/mol. The average Bonchev–Trinajstić information content (AvgIpc) is 2.25. The van der Waals surface area contributed by atoms with Crippen molar-refractivity contribution >= 4 is 17.6 Å². The van der Waals surface area contributed by atoms with E-state index in [9.17, 15) is 9.59 Å². The van der Waals surface area contributed by atoms with Gasteiger partial charge in [-0.3, -0.25) is 9.59 Å². The van der Waals surface area contributed by atoms with Gasteiger partial charge in [-0.15, -0.1) is 0 Å². The Bertz CT molecular complexity index is 417. The van der Waals surface area contributed by atoms with Crippen molar-refractivity contribution in [2.45, 2.75) is 13.8 Å². The zero-order chi connectivity index (χ0) is 12.8. The highest BCUT2D eigenvalue weighted by Gasteiger charge is 2.11. The van der Waals surface area contributed by atoms with Gasteiger partial charge in [-0.25, -0.2) is 0 Å². The zero-order valence-electron chi connectivity index (χ0n) is 9.77. The highest BCUT2D eigenvalue weighted by Crippen LogP contribution is 2.17. The molecule has 1 rings (SSSR count). The second-order valence-corrected chi connectivity index (χ2v) is 3.76. The molecule has 0 fully saturated rings. The molecular weight excluding hydrogens is 222 g/mol. The average molecular weight is 237 g/mol. The maximum Gasteiger partial charge on any atom is 0.309 e. The first-order chi connectivity index (χ1) is 7.99. The van der Waals surface area contributed by atoms with Crippen molar-refractivity contribution in [2.75, 3.05) is 11.9 Å². The fourth-order valence-electron chi connectivity index (χ4n) is 1.16. The molecule has 0 aliphatic carbocycles. The van der Waals surface area contributed by atoms with Crippen molar-refractivity contribution in [2.24, 2.45) is 5.92 Å². The number of benzene rings is 1. The third-order valence-electron chi connectivity index (χ3n) is 2.08. The summed E-state index contributed by atoms with van der Waals surface area (Å²) in [5, 5.41) is 11.3. The minimum atomic E-state index is -0.900. The van der Waals surface area contributed by atoms with Crippen molar-refractivity contribution in [1.82, 2.24) is 0 Å². The van der Waals surface area contributed by atoms with E-state index in [1.807, 2.05) is 0 Å². The summed E-state index contributed by atoms with van der Waals surface area (Å²) in [6.07, 6.45) is 0. The second kappa shape index (κ2) is 5.89. The summed E-state index contributed by atoms with van der Waals surface area (Å²) in [5.41, 5.74) is 0.623. The molecule has 1 aromatic carbocycles. The van der Waals surface area contributed by atoms with Crippen LogP contribution in [0, 0.1) is 5.92 Å². The Morgan fingerprint density at radius 1 is 1.47 bits per heavy atom. The Morgan fingerprint density at radius 3 is 2.76 bits per heavy atom. The summed E-state index contributed by atoms with van der Waals surface area (Å²) in [4.78, 5) is 21.4. The summed E-state index contributed by atoms with van der Waals surface area (Å²) < 4.78 is 5.32. The Morgan fingerprint density at radius 2 is 2.18 bits per heavy atom. The van der Waals surface area contributed by atoms with Crippen molar-refractivity contribution < 1.29 is 19.4 Å². The van der Waals surface area contributed by atoms with E-state index in [1.54, 1.807) is 31.2 Å². The fraction of sp³-hybridized carbons (Fsp3) is 0.333. The zero-order valence-corrected chi connectivity index (χ0v) is 9.77. The number of aliphatic carboxylic acids is 1. The minimum Gasteiger partial charge on any atom is -0.493 e. The highest BCUT2D eigenvalue weighted by molar-refractivity contribution is 5.88. The number of anilines is 1. The molecule has 1 amide bonds. The van der Waals surface area contributed by atoms with Gasteiger partial charge in [0.2, 0.25) is 5.91 Å². The van der Waals surface area contributed by atoms with Gasteiger partial charge < -0.3 is 15.2 Å². The van der Waals surface area contributed by atoms with Crippen LogP contribution in [0.15, 0.2) is 24.3 Å². The van der Waals surface area contributed by atoms with Crippen molar-refractivity contribution in [1.29, 1.82) is 0 Å². The third-order valence-corrected chi connectivity index (χ3v) is 2.08. The van der Waals surface area contributed by atoms with Crippen LogP contribution in [0.5, 0.6) is 5.75 Å². The van der Waals surface area contributed by atoms with Gasteiger partial charge in [-0.05, 0) is 19.1 Å². The van der Waals surface area contributed by atoms with Gasteiger partial charge in [0.05, 0.1) is 5.92 Å². The van der Waals surface area contributed by atoms with Gasteiger partial charge in [0, 0.05) is 18.7 Å². The lowest BCUT2D eigenvalue weighted by Crippen LogP contribution is -2.18. The Labute approximate surface area is 99.4 Å². The maximum atomic E-state index is 10.9. The Kier molecular flexibility index (Phi) is 4.51. The normalized spacial score (nSPS) is 11.6. The molecule has 0 aliphatic rings. The second-order valence-electron chi connectivity index (χ2n) is 3.76. The lowest BCUT2D eigenvalue weighted by Gasteiger charge is -2.10. The Hall–Kier alpha value is -2.04. The van der Waals surface area contributed by atoms with Gasteiger partial charge >= 0.3 is 5.97 Å². The molecule has 0 bridgehead atoms. The predicted molar refractivity (Wildman–Crippen MR) is 63.0 cm³/mol. The molecule has 17 heavy (non-hydrogen) atoms. The summed E-state index contributed by atoms with van der Waals surface area (Å²) in [5.74, 6) is -1.10. The van der Waals surface area contributed by atoms with Crippen LogP contribution in [0.2, 0.25) is 0 Å². The Balaban J connectivity index is 2.59. The molecule has 1 unspecified atom stereocenters. The minimum absolute atomic E-state index is 0.0961. The van der Waals surface area contributed by atoms with E-state index < -0.39 is 11.9 Å². The first kappa shape index (κ1) is 13.0. The predicted octanol–water partition coefficient (Wildman–Crippen LogP) is 1.74. The molecule has 0 spiro atoms. The molecular formula is C12H15NO4. The quantitative estimate of drug-likeness (QED) is 0.818. The number of ether oxygens (including phenoxy) is 1. The first-order valence-electron chi connectivity index (χ1n) is 5.22. The van der Waals surface area contributed by atoms with Crippen LogP contribution in [0.4, 0.5) is 5.69 Å². The van der Waals surface area contributed by atoms with Crippen molar-refractivity contribution in [3.63, 3.8) is 0 Å². The molecule has 1 aromatic rings. The molecule has 1 atom stereocenters. The van der Waals surface area contributed by atoms with E-state index in [0.29, 0.717) is 11.4 Å². The van der Waals surface area contributed by atoms with E-state index in [4.69, 9.17) is 9.84 Å². The molecule has 0 aliphatic heterocycles. The van der Waals surface area contributed by atoms with Gasteiger partial charge in [0.25, 0.3) is 0 Å². The van der Waals surface area contributed by atoms with Crippen LogP contribution in [0.25, 0.3) is 0 Å². The maximum absolute atomic E-state index is 10.9. The van der Waals surface area contributed by atoms with E-state index in [0.717, 1.165) is 0 Å². The van der Waals surface area contributed by atoms with Gasteiger partial charge in [0.1, 0.15) is 12.4 Å². The number of carbonyl (C=O) groups is 2. The van der Waals surface area contributed by atoms with Gasteiger partial charge in [0.15, 0.2) is 0 Å². The van der Waals surface area contributed by atoms with Crippen molar-refractivity contribution in [3.05, 3.63) is 24.3 Å². The highest BCUT2D eigenvalue weighted by atomic mass is 16.5. The number of hydrogen-bond donors (Lipinski definition) is 2. The number of carboxylic acid groups (broad SMARTS) is 1. The molecule has 0 aromatic heterocycles.